The van der Waals surface area contributed by atoms with E-state index in [-0.39, 0.29) is 17.6 Å². The van der Waals surface area contributed by atoms with Crippen LogP contribution in [-0.2, 0) is 0 Å². The van der Waals surface area contributed by atoms with Crippen LogP contribution < -0.4 is 10.1 Å². The second kappa shape index (κ2) is 6.53. The van der Waals surface area contributed by atoms with Gasteiger partial charge in [-0.05, 0) is 44.2 Å². The molecule has 1 atom stereocenters. The molecular formula is C17H20FNO. The molecule has 0 fully saturated rings. The lowest BCUT2D eigenvalue weighted by atomic mass is 9.99. The molecule has 2 rings (SSSR count). The zero-order chi connectivity index (χ0) is 14.5. The maximum absolute atomic E-state index is 13.5. The molecule has 0 saturated carbocycles. The Balaban J connectivity index is 2.13. The zero-order valence-electron chi connectivity index (χ0n) is 12.1. The van der Waals surface area contributed by atoms with Crippen LogP contribution in [0.3, 0.4) is 0 Å². The number of nitrogens with one attached hydrogen (secondary N) is 1. The Bertz CT molecular complexity index is 583. The molecule has 0 bridgehead atoms. The van der Waals surface area contributed by atoms with E-state index in [2.05, 4.69) is 37.4 Å². The molecule has 1 unspecified atom stereocenters. The maximum atomic E-state index is 13.5. The maximum Gasteiger partial charge on any atom is 0.165 e. The fraction of sp³-hybridized carbons (Fsp3) is 0.294. The minimum absolute atomic E-state index is 0.0366. The number of likely N-dealkylation sites (N-methyl/N-ethyl adjacent to an activating group) is 1. The van der Waals surface area contributed by atoms with E-state index in [1.807, 2.05) is 7.05 Å². The molecule has 3 heteroatoms. The fourth-order valence-electron chi connectivity index (χ4n) is 2.20. The van der Waals surface area contributed by atoms with E-state index in [1.54, 1.807) is 18.2 Å². The molecule has 2 aromatic rings. The van der Waals surface area contributed by atoms with Crippen molar-refractivity contribution in [1.29, 1.82) is 0 Å². The van der Waals surface area contributed by atoms with Crippen molar-refractivity contribution < 1.29 is 9.13 Å². The third kappa shape index (κ3) is 3.36. The van der Waals surface area contributed by atoms with Gasteiger partial charge in [0.2, 0.25) is 0 Å². The van der Waals surface area contributed by atoms with Crippen molar-refractivity contribution in [3.8, 4) is 5.75 Å². The van der Waals surface area contributed by atoms with E-state index in [9.17, 15) is 4.39 Å². The van der Waals surface area contributed by atoms with Gasteiger partial charge in [0.05, 0.1) is 6.04 Å². The van der Waals surface area contributed by atoms with Gasteiger partial charge in [-0.2, -0.15) is 0 Å². The predicted octanol–water partition coefficient (Wildman–Crippen LogP) is 3.78. The molecule has 0 aliphatic rings. The Hall–Kier alpha value is -1.87. The molecular weight excluding hydrogens is 253 g/mol. The van der Waals surface area contributed by atoms with Crippen molar-refractivity contribution in [2.24, 2.45) is 0 Å². The third-order valence-corrected chi connectivity index (χ3v) is 3.40. The smallest absolute Gasteiger partial charge is 0.165 e. The standard InChI is InChI=1S/C17H20FNO/c1-12-8-9-13(2)14(10-12)16(19-3)11-20-17-7-5-4-6-15(17)18/h4-10,16,19H,11H2,1-3H3. The topological polar surface area (TPSA) is 21.3 Å². The van der Waals surface area contributed by atoms with Gasteiger partial charge < -0.3 is 10.1 Å². The zero-order valence-corrected chi connectivity index (χ0v) is 12.1. The van der Waals surface area contributed by atoms with Crippen LogP contribution in [0.15, 0.2) is 42.5 Å². The summed E-state index contributed by atoms with van der Waals surface area (Å²) in [4.78, 5) is 0. The normalized spacial score (nSPS) is 12.2. The SMILES string of the molecule is CNC(COc1ccccc1F)c1cc(C)ccc1C. The summed E-state index contributed by atoms with van der Waals surface area (Å²) in [5.41, 5.74) is 3.59. The molecule has 0 aliphatic carbocycles. The summed E-state index contributed by atoms with van der Waals surface area (Å²) in [5, 5.41) is 3.23. The van der Waals surface area contributed by atoms with Gasteiger partial charge in [0.15, 0.2) is 11.6 Å². The van der Waals surface area contributed by atoms with Gasteiger partial charge in [0, 0.05) is 0 Å². The van der Waals surface area contributed by atoms with Gasteiger partial charge in [-0.1, -0.05) is 35.9 Å². The molecule has 2 nitrogen and oxygen atoms in total. The Kier molecular flexibility index (Phi) is 4.74. The van der Waals surface area contributed by atoms with Crippen molar-refractivity contribution in [3.63, 3.8) is 0 Å². The van der Waals surface area contributed by atoms with Crippen LogP contribution in [-0.4, -0.2) is 13.7 Å². The van der Waals surface area contributed by atoms with E-state index in [4.69, 9.17) is 4.74 Å². The minimum atomic E-state index is -0.330. The Morgan fingerprint density at radius 3 is 2.60 bits per heavy atom. The van der Waals surface area contributed by atoms with Crippen LogP contribution in [0.25, 0.3) is 0 Å². The summed E-state index contributed by atoms with van der Waals surface area (Å²) in [7, 11) is 1.89. The van der Waals surface area contributed by atoms with Gasteiger partial charge in [-0.15, -0.1) is 0 Å². The second-order valence-corrected chi connectivity index (χ2v) is 4.94. The lowest BCUT2D eigenvalue weighted by Crippen LogP contribution is -2.24. The van der Waals surface area contributed by atoms with E-state index in [0.29, 0.717) is 6.61 Å². The Morgan fingerprint density at radius 1 is 1.15 bits per heavy atom. The number of benzene rings is 2. The number of ether oxygens (including phenoxy) is 1. The largest absolute Gasteiger partial charge is 0.489 e. The fourth-order valence-corrected chi connectivity index (χ4v) is 2.20. The lowest BCUT2D eigenvalue weighted by molar-refractivity contribution is 0.261. The highest BCUT2D eigenvalue weighted by molar-refractivity contribution is 5.33. The Labute approximate surface area is 119 Å². The summed E-state index contributed by atoms with van der Waals surface area (Å²) >= 11 is 0. The molecule has 0 spiro atoms. The van der Waals surface area contributed by atoms with Gasteiger partial charge in [-0.3, -0.25) is 0 Å². The number of rotatable bonds is 5. The number of hydrogen-bond acceptors (Lipinski definition) is 2. The number of halogens is 1. The highest BCUT2D eigenvalue weighted by Crippen LogP contribution is 2.22. The van der Waals surface area contributed by atoms with E-state index in [0.717, 1.165) is 0 Å². The van der Waals surface area contributed by atoms with Crippen molar-refractivity contribution >= 4 is 0 Å². The first-order valence-electron chi connectivity index (χ1n) is 6.73. The van der Waals surface area contributed by atoms with Crippen molar-refractivity contribution in [1.82, 2.24) is 5.32 Å². The molecule has 1 N–H and O–H groups in total. The summed E-state index contributed by atoms with van der Waals surface area (Å²) in [5.74, 6) is -0.0404. The summed E-state index contributed by atoms with van der Waals surface area (Å²) in [6.45, 7) is 4.53. The van der Waals surface area contributed by atoms with Crippen LogP contribution in [0.1, 0.15) is 22.7 Å². The summed E-state index contributed by atoms with van der Waals surface area (Å²) in [6, 6.07) is 12.8. The van der Waals surface area contributed by atoms with Crippen molar-refractivity contribution in [2.45, 2.75) is 19.9 Å². The van der Waals surface area contributed by atoms with Crippen molar-refractivity contribution in [3.05, 3.63) is 65.0 Å². The van der Waals surface area contributed by atoms with Crippen LogP contribution in [0.4, 0.5) is 4.39 Å². The van der Waals surface area contributed by atoms with Gasteiger partial charge in [0.25, 0.3) is 0 Å². The van der Waals surface area contributed by atoms with Gasteiger partial charge in [0.1, 0.15) is 6.61 Å². The van der Waals surface area contributed by atoms with Crippen molar-refractivity contribution in [2.75, 3.05) is 13.7 Å². The molecule has 106 valence electrons. The van der Waals surface area contributed by atoms with Crippen LogP contribution in [0.2, 0.25) is 0 Å². The first-order valence-corrected chi connectivity index (χ1v) is 6.73. The first-order chi connectivity index (χ1) is 9.61. The summed E-state index contributed by atoms with van der Waals surface area (Å²) < 4.78 is 19.1. The van der Waals surface area contributed by atoms with Gasteiger partial charge in [-0.25, -0.2) is 4.39 Å². The molecule has 20 heavy (non-hydrogen) atoms. The molecule has 0 aliphatic heterocycles. The molecule has 0 radical (unpaired) electrons. The quantitative estimate of drug-likeness (QED) is 0.895. The van der Waals surface area contributed by atoms with Crippen LogP contribution >= 0.6 is 0 Å². The molecule has 0 heterocycles. The Morgan fingerprint density at radius 2 is 1.90 bits per heavy atom. The number of para-hydroxylation sites is 1. The predicted molar refractivity (Wildman–Crippen MR) is 79.6 cm³/mol. The third-order valence-electron chi connectivity index (χ3n) is 3.40. The average Bonchev–Trinajstić information content (AvgIpc) is 2.45. The first kappa shape index (κ1) is 14.5. The molecule has 2 aromatic carbocycles. The number of aryl methyl sites for hydroxylation is 2. The minimum Gasteiger partial charge on any atom is -0.489 e. The van der Waals surface area contributed by atoms with E-state index < -0.39 is 0 Å². The highest BCUT2D eigenvalue weighted by atomic mass is 19.1. The molecule has 0 aromatic heterocycles. The number of hydrogen-bond donors (Lipinski definition) is 1. The molecule has 0 amide bonds. The molecule has 0 saturated heterocycles. The highest BCUT2D eigenvalue weighted by Gasteiger charge is 2.14. The van der Waals surface area contributed by atoms with Crippen LogP contribution in [0.5, 0.6) is 5.75 Å². The van der Waals surface area contributed by atoms with E-state index >= 15 is 0 Å². The monoisotopic (exact) mass is 273 g/mol. The van der Waals surface area contributed by atoms with Gasteiger partial charge >= 0.3 is 0 Å². The van der Waals surface area contributed by atoms with Crippen LogP contribution in [0, 0.1) is 19.7 Å². The summed E-state index contributed by atoms with van der Waals surface area (Å²) in [6.07, 6.45) is 0. The lowest BCUT2D eigenvalue weighted by Gasteiger charge is -2.20. The average molecular weight is 273 g/mol. The second-order valence-electron chi connectivity index (χ2n) is 4.94. The van der Waals surface area contributed by atoms with E-state index in [1.165, 1.54) is 22.8 Å².